The van der Waals surface area contributed by atoms with Crippen molar-refractivity contribution >= 4 is 12.1 Å². The number of furan rings is 1. The predicted molar refractivity (Wildman–Crippen MR) is 128 cm³/mol. The van der Waals surface area contributed by atoms with E-state index in [1.807, 2.05) is 24.3 Å². The van der Waals surface area contributed by atoms with Crippen LogP contribution < -0.4 is 5.73 Å². The molecule has 5 rings (SSSR count). The number of carbonyl (C=O) groups excluding carboxylic acids is 1. The van der Waals surface area contributed by atoms with Gasteiger partial charge in [-0.1, -0.05) is 48.5 Å². The molecule has 2 atom stereocenters. The van der Waals surface area contributed by atoms with E-state index in [4.69, 9.17) is 19.6 Å². The Morgan fingerprint density at radius 2 is 1.77 bits per heavy atom. The molecule has 2 aromatic carbocycles. The highest BCUT2D eigenvalue weighted by atomic mass is 16.6. The molecule has 2 aliphatic rings. The first kappa shape index (κ1) is 23.1. The predicted octanol–water partition coefficient (Wildman–Crippen LogP) is 4.15. The van der Waals surface area contributed by atoms with E-state index in [-0.39, 0.29) is 36.9 Å². The molecule has 0 bridgehead atoms. The molecular formula is C27H28N2O6. The Bertz CT molecular complexity index is 1210. The molecule has 1 saturated heterocycles. The maximum absolute atomic E-state index is 13.4. The summed E-state index contributed by atoms with van der Waals surface area (Å²) in [5.74, 6) is -0.985. The van der Waals surface area contributed by atoms with Gasteiger partial charge in [-0.05, 0) is 41.7 Å². The van der Waals surface area contributed by atoms with Gasteiger partial charge in [0.15, 0.2) is 0 Å². The maximum Gasteiger partial charge on any atom is 0.410 e. The number of nitrogens with zero attached hydrogens (tertiary/aromatic N) is 1. The van der Waals surface area contributed by atoms with Crippen molar-refractivity contribution in [3.8, 4) is 11.1 Å². The number of benzene rings is 2. The summed E-state index contributed by atoms with van der Waals surface area (Å²) >= 11 is 0. The summed E-state index contributed by atoms with van der Waals surface area (Å²) in [6.45, 7) is 2.70. The van der Waals surface area contributed by atoms with Gasteiger partial charge >= 0.3 is 12.1 Å². The van der Waals surface area contributed by atoms with Crippen LogP contribution in [0.15, 0.2) is 59.0 Å². The molecule has 35 heavy (non-hydrogen) atoms. The van der Waals surface area contributed by atoms with E-state index >= 15 is 0 Å². The largest absolute Gasteiger partial charge is 0.475 e. The molecule has 1 fully saturated rings. The van der Waals surface area contributed by atoms with E-state index in [1.165, 1.54) is 0 Å². The van der Waals surface area contributed by atoms with E-state index < -0.39 is 12.1 Å². The average Bonchev–Trinajstić information content (AvgIpc) is 3.39. The topological polar surface area (TPSA) is 115 Å². The third-order valence-electron chi connectivity index (χ3n) is 6.82. The first-order valence-electron chi connectivity index (χ1n) is 11.7. The summed E-state index contributed by atoms with van der Waals surface area (Å²) < 4.78 is 16.9. The summed E-state index contributed by atoms with van der Waals surface area (Å²) in [4.78, 5) is 26.4. The van der Waals surface area contributed by atoms with Crippen LogP contribution in [0.3, 0.4) is 0 Å². The third kappa shape index (κ3) is 4.42. The summed E-state index contributed by atoms with van der Waals surface area (Å²) in [5.41, 5.74) is 11.4. The number of hydrogen-bond donors (Lipinski definition) is 2. The number of carbonyl (C=O) groups is 2. The minimum absolute atomic E-state index is 0.0587. The van der Waals surface area contributed by atoms with Crippen LogP contribution in [0, 0.1) is 6.92 Å². The molecule has 0 unspecified atom stereocenters. The van der Waals surface area contributed by atoms with Gasteiger partial charge in [0.1, 0.15) is 12.4 Å². The SMILES string of the molecule is Cc1cc(CN(C(=O)OCC2c3ccccc3-c3ccccc32)[C@@H]2CCOC[C@@H]2N)oc1C(=O)O. The van der Waals surface area contributed by atoms with Crippen LogP contribution in [-0.4, -0.2) is 54.0 Å². The summed E-state index contributed by atoms with van der Waals surface area (Å²) in [6, 6.07) is 17.2. The van der Waals surface area contributed by atoms with Gasteiger partial charge in [0.2, 0.25) is 5.76 Å². The summed E-state index contributed by atoms with van der Waals surface area (Å²) in [7, 11) is 0. The Kier molecular flexibility index (Phi) is 6.32. The zero-order valence-electron chi connectivity index (χ0n) is 19.5. The summed E-state index contributed by atoms with van der Waals surface area (Å²) in [5, 5.41) is 9.34. The second kappa shape index (κ2) is 9.56. The molecule has 0 saturated carbocycles. The molecule has 1 aromatic heterocycles. The maximum atomic E-state index is 13.4. The molecule has 1 aliphatic heterocycles. The van der Waals surface area contributed by atoms with Crippen LogP contribution in [0.1, 0.15) is 45.3 Å². The highest BCUT2D eigenvalue weighted by molar-refractivity contribution is 5.86. The lowest BCUT2D eigenvalue weighted by molar-refractivity contribution is 0.00779. The molecule has 182 valence electrons. The molecule has 2 heterocycles. The van der Waals surface area contributed by atoms with Crippen molar-refractivity contribution in [3.63, 3.8) is 0 Å². The molecule has 1 aliphatic carbocycles. The normalized spacial score (nSPS) is 19.1. The fraction of sp³-hybridized carbons (Fsp3) is 0.333. The number of fused-ring (bicyclic) bond motifs is 3. The van der Waals surface area contributed by atoms with Gasteiger partial charge in [0.25, 0.3) is 0 Å². The lowest BCUT2D eigenvalue weighted by Gasteiger charge is -2.37. The van der Waals surface area contributed by atoms with Crippen molar-refractivity contribution in [1.82, 2.24) is 4.90 Å². The highest BCUT2D eigenvalue weighted by Crippen LogP contribution is 2.44. The van der Waals surface area contributed by atoms with Gasteiger partial charge in [-0.25, -0.2) is 9.59 Å². The second-order valence-corrected chi connectivity index (χ2v) is 9.06. The standard InChI is InChI=1S/C27H28N2O6/c1-16-12-17(35-25(16)26(30)31)13-29(24-10-11-33-15-23(24)28)27(32)34-14-22-20-8-4-2-6-18(20)19-7-3-5-9-21(19)22/h2-9,12,22-24H,10-11,13-15,28H2,1H3,(H,30,31)/t23-,24+/m0/s1. The summed E-state index contributed by atoms with van der Waals surface area (Å²) in [6.07, 6.45) is 0.0387. The number of amides is 1. The zero-order chi connectivity index (χ0) is 24.5. The van der Waals surface area contributed by atoms with Crippen molar-refractivity contribution < 1.29 is 28.6 Å². The zero-order valence-corrected chi connectivity index (χ0v) is 19.5. The van der Waals surface area contributed by atoms with E-state index in [0.717, 1.165) is 22.3 Å². The van der Waals surface area contributed by atoms with Crippen molar-refractivity contribution in [1.29, 1.82) is 0 Å². The number of carboxylic acid groups (broad SMARTS) is 1. The molecule has 0 radical (unpaired) electrons. The second-order valence-electron chi connectivity index (χ2n) is 9.06. The van der Waals surface area contributed by atoms with Gasteiger partial charge in [-0.3, -0.25) is 4.90 Å². The van der Waals surface area contributed by atoms with Gasteiger partial charge in [-0.2, -0.15) is 0 Å². The minimum atomic E-state index is -1.15. The molecule has 8 heteroatoms. The number of nitrogens with two attached hydrogens (primary N) is 1. The quantitative estimate of drug-likeness (QED) is 0.549. The number of carboxylic acids is 1. The minimum Gasteiger partial charge on any atom is -0.475 e. The molecule has 3 N–H and O–H groups in total. The Morgan fingerprint density at radius 1 is 1.11 bits per heavy atom. The van der Waals surface area contributed by atoms with Crippen LogP contribution in [0.5, 0.6) is 0 Å². The molecular weight excluding hydrogens is 448 g/mol. The Balaban J connectivity index is 1.38. The van der Waals surface area contributed by atoms with Crippen molar-refractivity contribution in [3.05, 3.63) is 82.8 Å². The first-order valence-corrected chi connectivity index (χ1v) is 11.7. The number of hydrogen-bond acceptors (Lipinski definition) is 6. The third-order valence-corrected chi connectivity index (χ3v) is 6.82. The fourth-order valence-electron chi connectivity index (χ4n) is 5.14. The monoisotopic (exact) mass is 476 g/mol. The smallest absolute Gasteiger partial charge is 0.410 e. The number of ether oxygens (including phenoxy) is 2. The van der Waals surface area contributed by atoms with Crippen molar-refractivity contribution in [2.75, 3.05) is 19.8 Å². The van der Waals surface area contributed by atoms with Crippen molar-refractivity contribution in [2.45, 2.75) is 37.9 Å². The van der Waals surface area contributed by atoms with E-state index in [1.54, 1.807) is 17.9 Å². The fourth-order valence-corrected chi connectivity index (χ4v) is 5.14. The van der Waals surface area contributed by atoms with E-state index in [9.17, 15) is 14.7 Å². The van der Waals surface area contributed by atoms with Crippen LogP contribution in [0.25, 0.3) is 11.1 Å². The van der Waals surface area contributed by atoms with E-state index in [2.05, 4.69) is 24.3 Å². The van der Waals surface area contributed by atoms with Gasteiger partial charge in [0.05, 0.1) is 19.2 Å². The first-order chi connectivity index (χ1) is 16.9. The van der Waals surface area contributed by atoms with Gasteiger partial charge in [-0.15, -0.1) is 0 Å². The van der Waals surface area contributed by atoms with Gasteiger partial charge < -0.3 is 24.7 Å². The van der Waals surface area contributed by atoms with Crippen LogP contribution in [0.2, 0.25) is 0 Å². The Labute approximate surface area is 203 Å². The van der Waals surface area contributed by atoms with E-state index in [0.29, 0.717) is 31.0 Å². The number of aromatic carboxylic acids is 1. The van der Waals surface area contributed by atoms with Crippen LogP contribution >= 0.6 is 0 Å². The van der Waals surface area contributed by atoms with Crippen molar-refractivity contribution in [2.24, 2.45) is 5.73 Å². The molecule has 3 aromatic rings. The highest BCUT2D eigenvalue weighted by Gasteiger charge is 2.35. The molecule has 8 nitrogen and oxygen atoms in total. The average molecular weight is 477 g/mol. The number of aryl methyl sites for hydroxylation is 1. The molecule has 0 spiro atoms. The molecule has 1 amide bonds. The lowest BCUT2D eigenvalue weighted by atomic mass is 9.98. The van der Waals surface area contributed by atoms with Crippen LogP contribution in [0.4, 0.5) is 4.79 Å². The number of rotatable bonds is 6. The Hall–Kier alpha value is -3.62. The Morgan fingerprint density at radius 3 is 2.37 bits per heavy atom. The van der Waals surface area contributed by atoms with Crippen LogP contribution in [-0.2, 0) is 16.0 Å². The lowest BCUT2D eigenvalue weighted by Crippen LogP contribution is -2.55. The van der Waals surface area contributed by atoms with Gasteiger partial charge in [0, 0.05) is 24.1 Å².